The molecule has 66 valence electrons. The van der Waals surface area contributed by atoms with Gasteiger partial charge in [0.25, 0.3) is 0 Å². The summed E-state index contributed by atoms with van der Waals surface area (Å²) >= 11 is 3.20. The number of Topliss-reactive ketones (excluding diaryl/α,β-unsaturated/α-hetero) is 1. The second kappa shape index (κ2) is 4.12. The summed E-state index contributed by atoms with van der Waals surface area (Å²) in [6.45, 7) is 1.46. The van der Waals surface area contributed by atoms with Crippen molar-refractivity contribution in [3.63, 3.8) is 0 Å². The average Bonchev–Trinajstić information content (AvgIpc) is 2.08. The van der Waals surface area contributed by atoms with Crippen LogP contribution in [0.4, 0.5) is 5.69 Å². The lowest BCUT2D eigenvalue weighted by Gasteiger charge is -1.98. The zero-order valence-electron chi connectivity index (χ0n) is 6.87. The predicted molar refractivity (Wildman–Crippen MR) is 51.9 cm³/mol. The van der Waals surface area contributed by atoms with Crippen molar-refractivity contribution in [1.29, 1.82) is 0 Å². The first-order valence-corrected chi connectivity index (χ1v) is 4.33. The van der Waals surface area contributed by atoms with Crippen molar-refractivity contribution in [2.75, 3.05) is 0 Å². The highest BCUT2D eigenvalue weighted by Gasteiger charge is 2.03. The maximum absolute atomic E-state index is 11.0. The van der Waals surface area contributed by atoms with Gasteiger partial charge in [0, 0.05) is 10.0 Å². The van der Waals surface area contributed by atoms with E-state index >= 15 is 0 Å². The van der Waals surface area contributed by atoms with Gasteiger partial charge in [0.05, 0.1) is 5.69 Å². The molecule has 0 unspecified atom stereocenters. The number of carbonyl (C=O) groups excluding carboxylic acids is 2. The van der Waals surface area contributed by atoms with Gasteiger partial charge < -0.3 is 0 Å². The minimum absolute atomic E-state index is 0.0603. The monoisotopic (exact) mass is 239 g/mol. The maximum Gasteiger partial charge on any atom is 0.240 e. The van der Waals surface area contributed by atoms with Crippen molar-refractivity contribution >= 4 is 33.5 Å². The van der Waals surface area contributed by atoms with Crippen LogP contribution in [-0.4, -0.2) is 11.9 Å². The van der Waals surface area contributed by atoms with Gasteiger partial charge in [-0.15, -0.1) is 0 Å². The van der Waals surface area contributed by atoms with Crippen LogP contribution < -0.4 is 0 Å². The fourth-order valence-corrected chi connectivity index (χ4v) is 1.20. The number of isocyanates is 1. The van der Waals surface area contributed by atoms with E-state index in [0.717, 1.165) is 0 Å². The summed E-state index contributed by atoms with van der Waals surface area (Å²) in [5.41, 5.74) is 0.944. The maximum atomic E-state index is 11.0. The number of halogens is 1. The number of aliphatic imine (C=N–C) groups is 1. The van der Waals surface area contributed by atoms with Crippen LogP contribution in [0.1, 0.15) is 17.3 Å². The summed E-state index contributed by atoms with van der Waals surface area (Å²) in [4.78, 5) is 24.4. The quantitative estimate of drug-likeness (QED) is 0.453. The minimum atomic E-state index is -0.0603. The van der Waals surface area contributed by atoms with Gasteiger partial charge in [-0.2, -0.15) is 4.99 Å². The summed E-state index contributed by atoms with van der Waals surface area (Å²) in [6.07, 6.45) is 1.42. The highest BCUT2D eigenvalue weighted by atomic mass is 79.9. The van der Waals surface area contributed by atoms with E-state index in [0.29, 0.717) is 15.7 Å². The SMILES string of the molecule is CC(=O)c1ccc(Br)c(N=C=O)c1. The van der Waals surface area contributed by atoms with E-state index in [4.69, 9.17) is 0 Å². The Morgan fingerprint density at radius 1 is 1.54 bits per heavy atom. The molecule has 0 fully saturated rings. The van der Waals surface area contributed by atoms with E-state index in [9.17, 15) is 9.59 Å². The van der Waals surface area contributed by atoms with Crippen LogP contribution in [-0.2, 0) is 4.79 Å². The lowest BCUT2D eigenvalue weighted by atomic mass is 10.1. The summed E-state index contributed by atoms with van der Waals surface area (Å²) in [6, 6.07) is 4.88. The summed E-state index contributed by atoms with van der Waals surface area (Å²) in [7, 11) is 0. The van der Waals surface area contributed by atoms with Gasteiger partial charge in [-0.25, -0.2) is 4.79 Å². The van der Waals surface area contributed by atoms with Crippen molar-refractivity contribution in [3.8, 4) is 0 Å². The van der Waals surface area contributed by atoms with Crippen LogP contribution in [0.3, 0.4) is 0 Å². The van der Waals surface area contributed by atoms with E-state index in [-0.39, 0.29) is 5.78 Å². The van der Waals surface area contributed by atoms with Crippen LogP contribution in [0, 0.1) is 0 Å². The number of carbonyl (C=O) groups is 1. The van der Waals surface area contributed by atoms with Crippen molar-refractivity contribution in [2.45, 2.75) is 6.92 Å². The molecule has 13 heavy (non-hydrogen) atoms. The number of nitrogens with zero attached hydrogens (tertiary/aromatic N) is 1. The van der Waals surface area contributed by atoms with E-state index in [1.54, 1.807) is 12.1 Å². The fraction of sp³-hybridized carbons (Fsp3) is 0.111. The zero-order chi connectivity index (χ0) is 9.84. The minimum Gasteiger partial charge on any atom is -0.295 e. The molecule has 0 amide bonds. The molecule has 0 aromatic heterocycles. The normalized spacial score (nSPS) is 9.08. The van der Waals surface area contributed by atoms with Crippen LogP contribution in [0.15, 0.2) is 27.7 Å². The van der Waals surface area contributed by atoms with Crippen LogP contribution in [0.2, 0.25) is 0 Å². The van der Waals surface area contributed by atoms with Gasteiger partial charge in [-0.05, 0) is 35.0 Å². The van der Waals surface area contributed by atoms with E-state index in [1.165, 1.54) is 19.1 Å². The smallest absolute Gasteiger partial charge is 0.240 e. The molecule has 0 spiro atoms. The Labute approximate surface area is 83.6 Å². The molecule has 0 radical (unpaired) electrons. The highest BCUT2D eigenvalue weighted by Crippen LogP contribution is 2.25. The van der Waals surface area contributed by atoms with Crippen molar-refractivity contribution < 1.29 is 9.59 Å². The zero-order valence-corrected chi connectivity index (χ0v) is 8.46. The van der Waals surface area contributed by atoms with Gasteiger partial charge in [-0.3, -0.25) is 4.79 Å². The molecule has 1 rings (SSSR count). The number of hydrogen-bond acceptors (Lipinski definition) is 3. The molecule has 3 nitrogen and oxygen atoms in total. The van der Waals surface area contributed by atoms with Crippen molar-refractivity contribution in [1.82, 2.24) is 0 Å². The second-order valence-electron chi connectivity index (χ2n) is 2.43. The number of hydrogen-bond donors (Lipinski definition) is 0. The first kappa shape index (κ1) is 9.84. The second-order valence-corrected chi connectivity index (χ2v) is 3.28. The molecule has 0 saturated heterocycles. The van der Waals surface area contributed by atoms with Crippen LogP contribution in [0.25, 0.3) is 0 Å². The summed E-state index contributed by atoms with van der Waals surface area (Å²) < 4.78 is 0.667. The van der Waals surface area contributed by atoms with Gasteiger partial charge in [0.2, 0.25) is 6.08 Å². The first-order valence-electron chi connectivity index (χ1n) is 3.53. The van der Waals surface area contributed by atoms with Gasteiger partial charge in [0.15, 0.2) is 5.78 Å². The third-order valence-corrected chi connectivity index (χ3v) is 2.19. The molecule has 0 N–H and O–H groups in total. The molecule has 0 bridgehead atoms. The molecule has 0 saturated carbocycles. The summed E-state index contributed by atoms with van der Waals surface area (Å²) in [5, 5.41) is 0. The predicted octanol–water partition coefficient (Wildman–Crippen LogP) is 2.62. The fourth-order valence-electron chi connectivity index (χ4n) is 0.867. The largest absolute Gasteiger partial charge is 0.295 e. The van der Waals surface area contributed by atoms with Gasteiger partial charge in [0.1, 0.15) is 0 Å². The van der Waals surface area contributed by atoms with Crippen molar-refractivity contribution in [3.05, 3.63) is 28.2 Å². The number of benzene rings is 1. The molecule has 1 aromatic rings. The molecule has 0 aliphatic rings. The third kappa shape index (κ3) is 2.34. The van der Waals surface area contributed by atoms with Crippen LogP contribution >= 0.6 is 15.9 Å². The van der Waals surface area contributed by atoms with Gasteiger partial charge in [-0.1, -0.05) is 6.07 Å². The Hall–Kier alpha value is -1.25. The number of rotatable bonds is 2. The van der Waals surface area contributed by atoms with E-state index in [2.05, 4.69) is 20.9 Å². The lowest BCUT2D eigenvalue weighted by molar-refractivity contribution is 0.101. The number of ketones is 1. The van der Waals surface area contributed by atoms with Gasteiger partial charge >= 0.3 is 0 Å². The third-order valence-electron chi connectivity index (χ3n) is 1.52. The molecule has 0 aliphatic heterocycles. The molecule has 0 heterocycles. The Kier molecular flexibility index (Phi) is 3.12. The Morgan fingerprint density at radius 2 is 2.23 bits per heavy atom. The highest BCUT2D eigenvalue weighted by molar-refractivity contribution is 9.10. The molecule has 4 heteroatoms. The molecular formula is C9H6BrNO2. The topological polar surface area (TPSA) is 46.5 Å². The van der Waals surface area contributed by atoms with E-state index < -0.39 is 0 Å². The molecule has 0 aliphatic carbocycles. The Morgan fingerprint density at radius 3 is 2.77 bits per heavy atom. The Bertz CT molecular complexity index is 395. The molecule has 0 atom stereocenters. The first-order chi connectivity index (χ1) is 6.15. The summed E-state index contributed by atoms with van der Waals surface area (Å²) in [5.74, 6) is -0.0603. The average molecular weight is 240 g/mol. The Balaban J connectivity index is 3.26. The standard InChI is InChI=1S/C9H6BrNO2/c1-6(13)7-2-3-8(10)9(4-7)11-5-12/h2-4H,1H3. The molecular weight excluding hydrogens is 234 g/mol. The van der Waals surface area contributed by atoms with Crippen LogP contribution in [0.5, 0.6) is 0 Å². The molecule has 1 aromatic carbocycles. The van der Waals surface area contributed by atoms with Crippen molar-refractivity contribution in [2.24, 2.45) is 4.99 Å². The lowest BCUT2D eigenvalue weighted by Crippen LogP contribution is -1.90. The van der Waals surface area contributed by atoms with E-state index in [1.807, 2.05) is 0 Å².